The summed E-state index contributed by atoms with van der Waals surface area (Å²) in [7, 11) is 0. The number of oxime groups is 1. The third kappa shape index (κ3) is 4.76. The summed E-state index contributed by atoms with van der Waals surface area (Å²) in [4.78, 5) is 16.1. The maximum absolute atomic E-state index is 13.8. The van der Waals surface area contributed by atoms with Gasteiger partial charge in [0, 0.05) is 49.4 Å². The fourth-order valence-corrected chi connectivity index (χ4v) is 4.67. The number of likely N-dealkylation sites (tertiary alicyclic amines) is 1. The normalized spacial score (nSPS) is 17.2. The van der Waals surface area contributed by atoms with Crippen molar-refractivity contribution in [3.8, 4) is 6.07 Å². The minimum absolute atomic E-state index is 0.219. The third-order valence-corrected chi connectivity index (χ3v) is 6.52. The van der Waals surface area contributed by atoms with Crippen molar-refractivity contribution < 1.29 is 18.4 Å². The predicted molar refractivity (Wildman–Crippen MR) is 123 cm³/mol. The van der Waals surface area contributed by atoms with Crippen LogP contribution < -0.4 is 0 Å². The zero-order chi connectivity index (χ0) is 24.3. The Morgan fingerprint density at radius 2 is 2.00 bits per heavy atom. The maximum Gasteiger partial charge on any atom is 0.202 e. The molecule has 0 radical (unpaired) electrons. The number of aromatic nitrogens is 2. The fraction of sp³-hybridized carbons (Fsp3) is 0.308. The summed E-state index contributed by atoms with van der Waals surface area (Å²) >= 11 is 0. The van der Waals surface area contributed by atoms with Crippen LogP contribution >= 0.6 is 0 Å². The molecule has 1 saturated heterocycles. The number of piperidine rings is 1. The van der Waals surface area contributed by atoms with Crippen molar-refractivity contribution in [2.75, 3.05) is 19.7 Å². The highest BCUT2D eigenvalue weighted by Crippen LogP contribution is 2.43. The summed E-state index contributed by atoms with van der Waals surface area (Å²) < 4.78 is 33.4. The first kappa shape index (κ1) is 23.0. The van der Waals surface area contributed by atoms with Gasteiger partial charge in [-0.25, -0.2) is 8.78 Å². The largest absolute Gasteiger partial charge is 0.380 e. The van der Waals surface area contributed by atoms with Crippen LogP contribution in [0.25, 0.3) is 0 Å². The molecule has 0 N–H and O–H groups in total. The Labute approximate surface area is 201 Å². The average Bonchev–Trinajstić information content (AvgIpc) is 3.24. The van der Waals surface area contributed by atoms with Crippen molar-refractivity contribution in [1.82, 2.24) is 14.9 Å². The van der Waals surface area contributed by atoms with E-state index in [0.29, 0.717) is 17.9 Å². The number of nitrogens with zero attached hydrogens (tertiary/aromatic N) is 5. The van der Waals surface area contributed by atoms with Crippen LogP contribution in [0.2, 0.25) is 0 Å². The first-order chi connectivity index (χ1) is 17.1. The molecule has 0 unspecified atom stereocenters. The standard InChI is InChI=1S/C26H23F2N5O2/c27-22-3-2-19(13-23(22)28)25(32-35-12-8-29)24-4-1-18(14-31-24)16-33-10-6-26(7-11-33)21-15-30-9-5-20(21)17-34-26/h1-5,9,13-15H,6-7,10-12,16-17H2/b32-25+. The number of benzene rings is 1. The van der Waals surface area contributed by atoms with Gasteiger partial charge in [0.15, 0.2) is 11.6 Å². The molecule has 3 aromatic rings. The van der Waals surface area contributed by atoms with Crippen LogP contribution in [-0.2, 0) is 28.3 Å². The van der Waals surface area contributed by atoms with Crippen molar-refractivity contribution >= 4 is 5.71 Å². The Hall–Kier alpha value is -3.74. The van der Waals surface area contributed by atoms with Crippen molar-refractivity contribution in [2.24, 2.45) is 5.16 Å². The number of pyridine rings is 2. The van der Waals surface area contributed by atoms with E-state index in [1.54, 1.807) is 12.3 Å². The molecular weight excluding hydrogens is 452 g/mol. The quantitative estimate of drug-likeness (QED) is 0.304. The van der Waals surface area contributed by atoms with Crippen molar-refractivity contribution in [3.05, 3.63) is 94.6 Å². The average molecular weight is 475 g/mol. The van der Waals surface area contributed by atoms with Gasteiger partial charge in [-0.1, -0.05) is 11.2 Å². The van der Waals surface area contributed by atoms with E-state index in [1.165, 1.54) is 17.2 Å². The topological polar surface area (TPSA) is 83.6 Å². The lowest BCUT2D eigenvalue weighted by Gasteiger charge is -2.39. The minimum Gasteiger partial charge on any atom is -0.380 e. The lowest BCUT2D eigenvalue weighted by atomic mass is 9.84. The Bertz CT molecular complexity index is 1280. The van der Waals surface area contributed by atoms with Crippen LogP contribution in [-0.4, -0.2) is 40.3 Å². The van der Waals surface area contributed by atoms with E-state index in [-0.39, 0.29) is 17.9 Å². The number of rotatable bonds is 6. The molecular formula is C26H23F2N5O2. The second kappa shape index (κ2) is 9.86. The van der Waals surface area contributed by atoms with Crippen LogP contribution in [0.15, 0.2) is 60.1 Å². The molecule has 2 aromatic heterocycles. The SMILES string of the molecule is N#CCO/N=C(\c1ccc(F)c(F)c1)c1ccc(CN2CCC3(CC2)OCc2ccncc23)cn1. The molecule has 1 spiro atoms. The molecule has 1 fully saturated rings. The highest BCUT2D eigenvalue weighted by molar-refractivity contribution is 6.11. The molecule has 0 aliphatic carbocycles. The van der Waals surface area contributed by atoms with E-state index >= 15 is 0 Å². The smallest absolute Gasteiger partial charge is 0.202 e. The van der Waals surface area contributed by atoms with E-state index < -0.39 is 11.6 Å². The summed E-state index contributed by atoms with van der Waals surface area (Å²) in [6.45, 7) is 2.88. The summed E-state index contributed by atoms with van der Waals surface area (Å²) in [6.07, 6.45) is 7.30. The van der Waals surface area contributed by atoms with E-state index in [0.717, 1.165) is 50.2 Å². The third-order valence-electron chi connectivity index (χ3n) is 6.52. The molecule has 2 aliphatic rings. The molecule has 0 amide bonds. The van der Waals surface area contributed by atoms with E-state index in [1.807, 2.05) is 30.6 Å². The van der Waals surface area contributed by atoms with Gasteiger partial charge in [0.2, 0.25) is 6.61 Å². The number of hydrogen-bond donors (Lipinski definition) is 0. The van der Waals surface area contributed by atoms with Crippen molar-refractivity contribution in [2.45, 2.75) is 31.6 Å². The number of halogens is 2. The van der Waals surface area contributed by atoms with Gasteiger partial charge in [-0.15, -0.1) is 0 Å². The predicted octanol–water partition coefficient (Wildman–Crippen LogP) is 4.07. The van der Waals surface area contributed by atoms with Gasteiger partial charge in [-0.05, 0) is 54.3 Å². The zero-order valence-electron chi connectivity index (χ0n) is 19.0. The van der Waals surface area contributed by atoms with Crippen LogP contribution in [0.1, 0.15) is 40.8 Å². The molecule has 0 saturated carbocycles. The van der Waals surface area contributed by atoms with E-state index in [4.69, 9.17) is 14.8 Å². The van der Waals surface area contributed by atoms with Gasteiger partial charge < -0.3 is 9.57 Å². The van der Waals surface area contributed by atoms with Crippen LogP contribution in [0.4, 0.5) is 8.78 Å². The lowest BCUT2D eigenvalue weighted by molar-refractivity contribution is -0.0800. The van der Waals surface area contributed by atoms with Gasteiger partial charge in [-0.2, -0.15) is 5.26 Å². The van der Waals surface area contributed by atoms with Gasteiger partial charge in [0.05, 0.1) is 17.9 Å². The summed E-state index contributed by atoms with van der Waals surface area (Å²) in [5.41, 5.74) is 4.17. The molecule has 2 aliphatic heterocycles. The number of hydrogen-bond acceptors (Lipinski definition) is 7. The summed E-state index contributed by atoms with van der Waals surface area (Å²) in [5.74, 6) is -1.96. The molecule has 0 atom stereocenters. The molecule has 1 aromatic carbocycles. The number of nitriles is 1. The van der Waals surface area contributed by atoms with Gasteiger partial charge in [0.25, 0.3) is 0 Å². The second-order valence-electron chi connectivity index (χ2n) is 8.64. The second-order valence-corrected chi connectivity index (χ2v) is 8.64. The highest BCUT2D eigenvalue weighted by atomic mass is 19.2. The number of fused-ring (bicyclic) bond motifs is 2. The van der Waals surface area contributed by atoms with E-state index in [9.17, 15) is 8.78 Å². The highest BCUT2D eigenvalue weighted by Gasteiger charge is 2.42. The first-order valence-electron chi connectivity index (χ1n) is 11.4. The van der Waals surface area contributed by atoms with Crippen molar-refractivity contribution in [1.29, 1.82) is 5.26 Å². The lowest BCUT2D eigenvalue weighted by Crippen LogP contribution is -2.42. The van der Waals surface area contributed by atoms with E-state index in [2.05, 4.69) is 20.0 Å². The van der Waals surface area contributed by atoms with Crippen molar-refractivity contribution in [3.63, 3.8) is 0 Å². The van der Waals surface area contributed by atoms with Crippen LogP contribution in [0.3, 0.4) is 0 Å². The Balaban J connectivity index is 1.27. The zero-order valence-corrected chi connectivity index (χ0v) is 19.0. The Kier molecular flexibility index (Phi) is 6.49. The summed E-state index contributed by atoms with van der Waals surface area (Å²) in [6, 6.07) is 11.0. The van der Waals surface area contributed by atoms with Gasteiger partial charge >= 0.3 is 0 Å². The molecule has 4 heterocycles. The van der Waals surface area contributed by atoms with Crippen LogP contribution in [0.5, 0.6) is 0 Å². The molecule has 0 bridgehead atoms. The molecule has 178 valence electrons. The molecule has 35 heavy (non-hydrogen) atoms. The maximum atomic E-state index is 13.8. The Morgan fingerprint density at radius 1 is 1.14 bits per heavy atom. The molecule has 9 heteroatoms. The minimum atomic E-state index is -1.00. The van der Waals surface area contributed by atoms with Gasteiger partial charge in [0.1, 0.15) is 11.8 Å². The molecule has 5 rings (SSSR count). The molecule has 7 nitrogen and oxygen atoms in total. The number of ether oxygens (including phenoxy) is 1. The Morgan fingerprint density at radius 3 is 2.74 bits per heavy atom. The fourth-order valence-electron chi connectivity index (χ4n) is 4.67. The summed E-state index contributed by atoms with van der Waals surface area (Å²) in [5, 5.41) is 12.7. The first-order valence-corrected chi connectivity index (χ1v) is 11.4. The van der Waals surface area contributed by atoms with Crippen LogP contribution in [0, 0.1) is 23.0 Å². The van der Waals surface area contributed by atoms with Gasteiger partial charge in [-0.3, -0.25) is 14.9 Å². The monoisotopic (exact) mass is 475 g/mol.